The first-order valence-corrected chi connectivity index (χ1v) is 9.80. The molecule has 0 atom stereocenters. The Hall–Kier alpha value is -1.90. The molecule has 0 saturated heterocycles. The van der Waals surface area contributed by atoms with Gasteiger partial charge in [0.15, 0.2) is 0 Å². The molecule has 29 heavy (non-hydrogen) atoms. The van der Waals surface area contributed by atoms with Gasteiger partial charge in [-0.1, -0.05) is 58.5 Å². The maximum Gasteiger partial charge on any atom is 0.274 e. The van der Waals surface area contributed by atoms with Crippen molar-refractivity contribution in [3.8, 4) is 0 Å². The van der Waals surface area contributed by atoms with Crippen molar-refractivity contribution < 1.29 is 9.53 Å². The van der Waals surface area contributed by atoms with Crippen LogP contribution in [-0.2, 0) is 11.3 Å². The highest BCUT2D eigenvalue weighted by molar-refractivity contribution is 6.52. The van der Waals surface area contributed by atoms with E-state index in [1.807, 2.05) is 0 Å². The zero-order valence-corrected chi connectivity index (χ0v) is 18.0. The van der Waals surface area contributed by atoms with Gasteiger partial charge in [0.1, 0.15) is 16.7 Å². The van der Waals surface area contributed by atoms with Gasteiger partial charge < -0.3 is 14.6 Å². The Balaban J connectivity index is 1.99. The van der Waals surface area contributed by atoms with Crippen LogP contribution in [0.1, 0.15) is 16.3 Å². The van der Waals surface area contributed by atoms with Gasteiger partial charge in [0.25, 0.3) is 11.5 Å². The number of H-pyrrole nitrogens is 1. The lowest BCUT2D eigenvalue weighted by Gasteiger charge is -2.22. The molecule has 152 valence electrons. The number of carbonyl (C=O) groups is 1. The molecule has 0 saturated carbocycles. The van der Waals surface area contributed by atoms with Crippen LogP contribution in [0.2, 0.25) is 20.2 Å². The molecule has 0 aliphatic rings. The van der Waals surface area contributed by atoms with E-state index in [4.69, 9.17) is 51.1 Å². The predicted octanol–water partition coefficient (Wildman–Crippen LogP) is 4.22. The van der Waals surface area contributed by atoms with Crippen molar-refractivity contribution in [3.63, 3.8) is 0 Å². The molecule has 0 aliphatic heterocycles. The summed E-state index contributed by atoms with van der Waals surface area (Å²) in [6.45, 7) is 0.399. The monoisotopic (exact) mass is 474 g/mol. The summed E-state index contributed by atoms with van der Waals surface area (Å²) < 4.78 is 5.07. The lowest BCUT2D eigenvalue weighted by Crippen LogP contribution is -2.35. The largest absolute Gasteiger partial charge is 0.383 e. The van der Waals surface area contributed by atoms with Crippen LogP contribution in [0.3, 0.4) is 0 Å². The van der Waals surface area contributed by atoms with Gasteiger partial charge >= 0.3 is 0 Å². The van der Waals surface area contributed by atoms with Crippen molar-refractivity contribution in [2.45, 2.75) is 6.54 Å². The fourth-order valence-electron chi connectivity index (χ4n) is 2.62. The Kier molecular flexibility index (Phi) is 6.97. The van der Waals surface area contributed by atoms with E-state index in [0.29, 0.717) is 16.7 Å². The Morgan fingerprint density at radius 3 is 2.55 bits per heavy atom. The maximum atomic E-state index is 13.1. The molecular weight excluding hydrogens is 462 g/mol. The molecule has 0 aliphatic carbocycles. The SMILES string of the molecule is COCCN(Cc1nc2ccccc2c(=O)[nH]1)C(=O)c1nc(Cl)c(Cl)c(Cl)c1Cl. The fraction of sp³-hybridized carbons (Fsp3) is 0.222. The molecule has 1 aromatic carbocycles. The Bertz CT molecular complexity index is 1140. The lowest BCUT2D eigenvalue weighted by atomic mass is 10.2. The summed E-state index contributed by atoms with van der Waals surface area (Å²) in [6, 6.07) is 6.90. The molecule has 1 amide bonds. The number of benzene rings is 1. The third kappa shape index (κ3) is 4.65. The Labute approximate surface area is 185 Å². The minimum Gasteiger partial charge on any atom is -0.383 e. The number of para-hydroxylation sites is 1. The van der Waals surface area contributed by atoms with Gasteiger partial charge in [0, 0.05) is 13.7 Å². The van der Waals surface area contributed by atoms with Crippen molar-refractivity contribution in [1.82, 2.24) is 19.9 Å². The molecule has 0 bridgehead atoms. The number of methoxy groups -OCH3 is 1. The second kappa shape index (κ2) is 9.28. The van der Waals surface area contributed by atoms with E-state index in [-0.39, 0.29) is 51.2 Å². The van der Waals surface area contributed by atoms with Crippen LogP contribution in [0.25, 0.3) is 10.9 Å². The van der Waals surface area contributed by atoms with Crippen molar-refractivity contribution >= 4 is 63.2 Å². The molecule has 11 heteroatoms. The van der Waals surface area contributed by atoms with Gasteiger partial charge in [-0.2, -0.15) is 0 Å². The van der Waals surface area contributed by atoms with E-state index >= 15 is 0 Å². The number of ether oxygens (including phenoxy) is 1. The van der Waals surface area contributed by atoms with Crippen LogP contribution in [0, 0.1) is 0 Å². The first kappa shape index (κ1) is 21.8. The quantitative estimate of drug-likeness (QED) is 0.539. The Morgan fingerprint density at radius 2 is 1.83 bits per heavy atom. The summed E-state index contributed by atoms with van der Waals surface area (Å²) in [6.07, 6.45) is 0. The second-order valence-electron chi connectivity index (χ2n) is 5.94. The minimum atomic E-state index is -0.566. The van der Waals surface area contributed by atoms with Crippen molar-refractivity contribution in [3.05, 3.63) is 66.4 Å². The molecule has 2 aromatic heterocycles. The average molecular weight is 476 g/mol. The molecule has 1 N–H and O–H groups in total. The molecule has 3 rings (SSSR count). The van der Waals surface area contributed by atoms with Crippen molar-refractivity contribution in [1.29, 1.82) is 0 Å². The number of pyridine rings is 1. The van der Waals surface area contributed by atoms with E-state index < -0.39 is 5.91 Å². The topological polar surface area (TPSA) is 88.2 Å². The summed E-state index contributed by atoms with van der Waals surface area (Å²) in [7, 11) is 1.50. The molecule has 7 nitrogen and oxygen atoms in total. The number of amides is 1. The van der Waals surface area contributed by atoms with E-state index in [1.165, 1.54) is 12.0 Å². The fourth-order valence-corrected chi connectivity index (χ4v) is 3.43. The molecule has 0 fully saturated rings. The lowest BCUT2D eigenvalue weighted by molar-refractivity contribution is 0.0669. The number of nitrogens with one attached hydrogen (secondary N) is 1. The summed E-state index contributed by atoms with van der Waals surface area (Å²) in [4.78, 5) is 37.8. The Morgan fingerprint density at radius 1 is 1.10 bits per heavy atom. The second-order valence-corrected chi connectivity index (χ2v) is 7.43. The zero-order chi connectivity index (χ0) is 21.1. The number of carbonyl (C=O) groups excluding carboxylic acids is 1. The molecule has 2 heterocycles. The molecule has 0 radical (unpaired) electrons. The predicted molar refractivity (Wildman–Crippen MR) is 113 cm³/mol. The number of halogens is 4. The van der Waals surface area contributed by atoms with E-state index in [2.05, 4.69) is 15.0 Å². The third-order valence-electron chi connectivity index (χ3n) is 4.04. The molecular formula is C18H14Cl4N4O3. The van der Waals surface area contributed by atoms with Crippen LogP contribution < -0.4 is 5.56 Å². The van der Waals surface area contributed by atoms with E-state index in [0.717, 1.165) is 0 Å². The van der Waals surface area contributed by atoms with Gasteiger partial charge in [-0.3, -0.25) is 9.59 Å². The minimum absolute atomic E-state index is 0.0157. The normalized spacial score (nSPS) is 11.1. The van der Waals surface area contributed by atoms with Crippen LogP contribution >= 0.6 is 46.4 Å². The number of hydrogen-bond donors (Lipinski definition) is 1. The van der Waals surface area contributed by atoms with Gasteiger partial charge in [0.2, 0.25) is 0 Å². The molecule has 0 unspecified atom stereocenters. The number of fused-ring (bicyclic) bond motifs is 1. The highest BCUT2D eigenvalue weighted by Crippen LogP contribution is 2.36. The average Bonchev–Trinajstić information content (AvgIpc) is 2.71. The highest BCUT2D eigenvalue weighted by Gasteiger charge is 2.25. The molecule has 3 aromatic rings. The third-order valence-corrected chi connectivity index (χ3v) is 5.72. The van der Waals surface area contributed by atoms with Gasteiger partial charge in [0.05, 0.1) is 39.1 Å². The van der Waals surface area contributed by atoms with E-state index in [1.54, 1.807) is 24.3 Å². The molecule has 0 spiro atoms. The number of rotatable bonds is 6. The van der Waals surface area contributed by atoms with Crippen LogP contribution in [0.15, 0.2) is 29.1 Å². The van der Waals surface area contributed by atoms with Crippen LogP contribution in [0.4, 0.5) is 0 Å². The number of aromatic nitrogens is 3. The van der Waals surface area contributed by atoms with E-state index in [9.17, 15) is 9.59 Å². The number of hydrogen-bond acceptors (Lipinski definition) is 5. The smallest absolute Gasteiger partial charge is 0.274 e. The number of nitrogens with zero attached hydrogens (tertiary/aromatic N) is 3. The summed E-state index contributed by atoms with van der Waals surface area (Å²) in [5.74, 6) is -0.274. The maximum absolute atomic E-state index is 13.1. The first-order chi connectivity index (χ1) is 13.8. The highest BCUT2D eigenvalue weighted by atomic mass is 35.5. The zero-order valence-electron chi connectivity index (χ0n) is 15.0. The first-order valence-electron chi connectivity index (χ1n) is 8.29. The van der Waals surface area contributed by atoms with Crippen LogP contribution in [-0.4, -0.2) is 46.0 Å². The van der Waals surface area contributed by atoms with Crippen molar-refractivity contribution in [2.75, 3.05) is 20.3 Å². The summed E-state index contributed by atoms with van der Waals surface area (Å²) in [5, 5.41) is 0.0771. The van der Waals surface area contributed by atoms with Gasteiger partial charge in [-0.15, -0.1) is 0 Å². The van der Waals surface area contributed by atoms with Crippen molar-refractivity contribution in [2.24, 2.45) is 0 Å². The van der Waals surface area contributed by atoms with Crippen LogP contribution in [0.5, 0.6) is 0 Å². The summed E-state index contributed by atoms with van der Waals surface area (Å²) >= 11 is 24.1. The standard InChI is InChI=1S/C18H14Cl4N4O3/c1-29-7-6-26(18(28)15-13(20)12(19)14(21)16(22)25-15)8-11-23-10-5-3-2-4-9(10)17(27)24-11/h2-5H,6-8H2,1H3,(H,23,24,27). The summed E-state index contributed by atoms with van der Waals surface area (Å²) in [5.41, 5.74) is 0.0444. The number of aromatic amines is 1. The van der Waals surface area contributed by atoms with Gasteiger partial charge in [-0.25, -0.2) is 9.97 Å². The van der Waals surface area contributed by atoms with Gasteiger partial charge in [-0.05, 0) is 12.1 Å².